The summed E-state index contributed by atoms with van der Waals surface area (Å²) in [4.78, 5) is 16.4. The molecular formula is C17H20N2O3. The quantitative estimate of drug-likeness (QED) is 0.941. The van der Waals surface area contributed by atoms with Crippen LogP contribution in [0.15, 0.2) is 35.0 Å². The lowest BCUT2D eigenvalue weighted by atomic mass is 9.95. The molecule has 0 aromatic carbocycles. The molecule has 0 spiro atoms. The molecule has 3 heterocycles. The van der Waals surface area contributed by atoms with Crippen molar-refractivity contribution >= 4 is 5.91 Å². The second kappa shape index (κ2) is 6.32. The SMILES string of the molecule is Cc1cc(C(=O)N[C@@H]2COC[C@H]2Cc2ccncc2)c(C)o1. The van der Waals surface area contributed by atoms with E-state index in [2.05, 4.69) is 10.3 Å². The smallest absolute Gasteiger partial charge is 0.255 e. The molecule has 5 heteroatoms. The minimum absolute atomic E-state index is 0.0234. The number of hydrogen-bond donors (Lipinski definition) is 1. The van der Waals surface area contributed by atoms with Gasteiger partial charge in [0.05, 0.1) is 24.8 Å². The third kappa shape index (κ3) is 3.20. The van der Waals surface area contributed by atoms with Crippen molar-refractivity contribution in [2.75, 3.05) is 13.2 Å². The highest BCUT2D eigenvalue weighted by atomic mass is 16.5. The van der Waals surface area contributed by atoms with Gasteiger partial charge in [0.2, 0.25) is 0 Å². The summed E-state index contributed by atoms with van der Waals surface area (Å²) in [6.07, 6.45) is 4.45. The number of nitrogens with one attached hydrogen (secondary N) is 1. The lowest BCUT2D eigenvalue weighted by molar-refractivity contribution is 0.0923. The van der Waals surface area contributed by atoms with Crippen molar-refractivity contribution in [1.29, 1.82) is 0 Å². The largest absolute Gasteiger partial charge is 0.466 e. The van der Waals surface area contributed by atoms with Crippen LogP contribution < -0.4 is 5.32 Å². The Morgan fingerprint density at radius 3 is 2.77 bits per heavy atom. The summed E-state index contributed by atoms with van der Waals surface area (Å²) < 4.78 is 11.0. The van der Waals surface area contributed by atoms with Crippen LogP contribution in [0.4, 0.5) is 0 Å². The molecule has 116 valence electrons. The molecule has 0 saturated carbocycles. The third-order valence-electron chi connectivity index (χ3n) is 4.05. The molecule has 2 aromatic heterocycles. The molecule has 2 atom stereocenters. The van der Waals surface area contributed by atoms with Crippen LogP contribution >= 0.6 is 0 Å². The van der Waals surface area contributed by atoms with Gasteiger partial charge in [-0.3, -0.25) is 9.78 Å². The summed E-state index contributed by atoms with van der Waals surface area (Å²) in [7, 11) is 0. The van der Waals surface area contributed by atoms with Crippen molar-refractivity contribution in [1.82, 2.24) is 10.3 Å². The number of furan rings is 1. The van der Waals surface area contributed by atoms with Crippen molar-refractivity contribution in [3.8, 4) is 0 Å². The Kier molecular flexibility index (Phi) is 4.24. The lowest BCUT2D eigenvalue weighted by Gasteiger charge is -2.19. The number of carbonyl (C=O) groups excluding carboxylic acids is 1. The highest BCUT2D eigenvalue weighted by Gasteiger charge is 2.30. The van der Waals surface area contributed by atoms with Crippen LogP contribution in [0.2, 0.25) is 0 Å². The number of nitrogens with zero attached hydrogens (tertiary/aromatic N) is 1. The summed E-state index contributed by atoms with van der Waals surface area (Å²) >= 11 is 0. The average molecular weight is 300 g/mol. The first kappa shape index (κ1) is 14.8. The Labute approximate surface area is 129 Å². The molecule has 1 amide bonds. The monoisotopic (exact) mass is 300 g/mol. The zero-order chi connectivity index (χ0) is 15.5. The van der Waals surface area contributed by atoms with E-state index in [0.717, 1.165) is 12.2 Å². The average Bonchev–Trinajstić information content (AvgIpc) is 3.06. The van der Waals surface area contributed by atoms with Crippen molar-refractivity contribution in [2.45, 2.75) is 26.3 Å². The zero-order valence-electron chi connectivity index (χ0n) is 12.8. The highest BCUT2D eigenvalue weighted by molar-refractivity contribution is 5.95. The first-order valence-corrected chi connectivity index (χ1v) is 7.48. The summed E-state index contributed by atoms with van der Waals surface area (Å²) in [5, 5.41) is 3.08. The zero-order valence-corrected chi connectivity index (χ0v) is 12.8. The first-order chi connectivity index (χ1) is 10.6. The van der Waals surface area contributed by atoms with Crippen LogP contribution in [0.5, 0.6) is 0 Å². The van der Waals surface area contributed by atoms with Crippen molar-refractivity contribution < 1.29 is 13.9 Å². The van der Waals surface area contributed by atoms with E-state index < -0.39 is 0 Å². The number of amides is 1. The molecule has 1 aliphatic rings. The Hall–Kier alpha value is -2.14. The molecule has 1 aliphatic heterocycles. The minimum Gasteiger partial charge on any atom is -0.466 e. The lowest BCUT2D eigenvalue weighted by Crippen LogP contribution is -2.40. The van der Waals surface area contributed by atoms with E-state index in [1.165, 1.54) is 5.56 Å². The van der Waals surface area contributed by atoms with Gasteiger partial charge in [-0.2, -0.15) is 0 Å². The van der Waals surface area contributed by atoms with E-state index in [9.17, 15) is 4.79 Å². The van der Waals surface area contributed by atoms with Gasteiger partial charge in [-0.15, -0.1) is 0 Å². The topological polar surface area (TPSA) is 64.4 Å². The van der Waals surface area contributed by atoms with Gasteiger partial charge in [0.1, 0.15) is 11.5 Å². The minimum atomic E-state index is -0.0930. The first-order valence-electron chi connectivity index (χ1n) is 7.48. The van der Waals surface area contributed by atoms with Gasteiger partial charge in [-0.1, -0.05) is 0 Å². The Morgan fingerprint density at radius 1 is 1.32 bits per heavy atom. The van der Waals surface area contributed by atoms with Crippen LogP contribution in [0.3, 0.4) is 0 Å². The Morgan fingerprint density at radius 2 is 2.09 bits per heavy atom. The van der Waals surface area contributed by atoms with Crippen LogP contribution in [-0.2, 0) is 11.2 Å². The van der Waals surface area contributed by atoms with E-state index in [1.54, 1.807) is 18.5 Å². The molecule has 1 fully saturated rings. The molecule has 0 unspecified atom stereocenters. The van der Waals surface area contributed by atoms with E-state index in [4.69, 9.17) is 9.15 Å². The van der Waals surface area contributed by atoms with E-state index in [-0.39, 0.29) is 17.9 Å². The van der Waals surface area contributed by atoms with Gasteiger partial charge < -0.3 is 14.5 Å². The fraction of sp³-hybridized carbons (Fsp3) is 0.412. The number of rotatable bonds is 4. The number of ether oxygens (including phenoxy) is 1. The molecule has 3 rings (SSSR count). The summed E-state index contributed by atoms with van der Waals surface area (Å²) in [6, 6.07) is 5.80. The Bertz CT molecular complexity index is 651. The van der Waals surface area contributed by atoms with Crippen LogP contribution in [0.1, 0.15) is 27.4 Å². The number of pyridine rings is 1. The number of aryl methyl sites for hydroxylation is 2. The fourth-order valence-electron chi connectivity index (χ4n) is 2.88. The maximum atomic E-state index is 12.4. The second-order valence-electron chi connectivity index (χ2n) is 5.76. The molecule has 22 heavy (non-hydrogen) atoms. The maximum absolute atomic E-state index is 12.4. The van der Waals surface area contributed by atoms with Gasteiger partial charge >= 0.3 is 0 Å². The van der Waals surface area contributed by atoms with Gasteiger partial charge in [0.15, 0.2) is 0 Å². The number of hydrogen-bond acceptors (Lipinski definition) is 4. The van der Waals surface area contributed by atoms with Crippen LogP contribution in [0.25, 0.3) is 0 Å². The Balaban J connectivity index is 1.66. The van der Waals surface area contributed by atoms with Crippen molar-refractivity contribution in [3.63, 3.8) is 0 Å². The van der Waals surface area contributed by atoms with E-state index in [0.29, 0.717) is 24.5 Å². The summed E-state index contributed by atoms with van der Waals surface area (Å²) in [6.45, 7) is 4.87. The molecule has 1 saturated heterocycles. The third-order valence-corrected chi connectivity index (χ3v) is 4.05. The predicted octanol–water partition coefficient (Wildman–Crippen LogP) is 2.28. The molecule has 0 bridgehead atoms. The van der Waals surface area contributed by atoms with Gasteiger partial charge in [0, 0.05) is 18.3 Å². The highest BCUT2D eigenvalue weighted by Crippen LogP contribution is 2.20. The van der Waals surface area contributed by atoms with Gasteiger partial charge in [0.25, 0.3) is 5.91 Å². The predicted molar refractivity (Wildman–Crippen MR) is 81.7 cm³/mol. The normalized spacial score (nSPS) is 21.0. The molecule has 1 N–H and O–H groups in total. The maximum Gasteiger partial charge on any atom is 0.255 e. The molecule has 5 nitrogen and oxygen atoms in total. The van der Waals surface area contributed by atoms with Crippen molar-refractivity contribution in [2.24, 2.45) is 5.92 Å². The van der Waals surface area contributed by atoms with Gasteiger partial charge in [-0.05, 0) is 44.0 Å². The van der Waals surface area contributed by atoms with Crippen LogP contribution in [-0.4, -0.2) is 30.1 Å². The van der Waals surface area contributed by atoms with Crippen LogP contribution in [0, 0.1) is 19.8 Å². The second-order valence-corrected chi connectivity index (χ2v) is 5.76. The van der Waals surface area contributed by atoms with Crippen molar-refractivity contribution in [3.05, 3.63) is 53.2 Å². The molecule has 2 aromatic rings. The molecule has 0 aliphatic carbocycles. The summed E-state index contributed by atoms with van der Waals surface area (Å²) in [5.41, 5.74) is 1.81. The van der Waals surface area contributed by atoms with E-state index in [1.807, 2.05) is 26.0 Å². The van der Waals surface area contributed by atoms with E-state index >= 15 is 0 Å². The standard InChI is InChI=1S/C17H20N2O3/c1-11-7-15(12(2)22-11)17(20)19-16-10-21-9-14(16)8-13-3-5-18-6-4-13/h3-7,14,16H,8-10H2,1-2H3,(H,19,20)/t14-,16-/m1/s1. The fourth-order valence-corrected chi connectivity index (χ4v) is 2.88. The molecular weight excluding hydrogens is 280 g/mol. The molecule has 0 radical (unpaired) electrons. The number of aromatic nitrogens is 1. The summed E-state index contributed by atoms with van der Waals surface area (Å²) in [5.74, 6) is 1.59. The number of carbonyl (C=O) groups is 1. The van der Waals surface area contributed by atoms with Gasteiger partial charge in [-0.25, -0.2) is 0 Å².